The molecule has 0 radical (unpaired) electrons. The zero-order chi connectivity index (χ0) is 19.3. The number of aromatic nitrogens is 2. The fourth-order valence-corrected chi connectivity index (χ4v) is 4.13. The van der Waals surface area contributed by atoms with Crippen LogP contribution in [0.15, 0.2) is 54.2 Å². The predicted molar refractivity (Wildman–Crippen MR) is 124 cm³/mol. The summed E-state index contributed by atoms with van der Waals surface area (Å²) in [5, 5.41) is 6.04. The Labute approximate surface area is 192 Å². The highest BCUT2D eigenvalue weighted by atomic mass is 35.5. The highest BCUT2D eigenvalue weighted by molar-refractivity contribution is 7.13. The molecule has 1 fully saturated rings. The van der Waals surface area contributed by atoms with Crippen molar-refractivity contribution in [2.75, 3.05) is 26.2 Å². The molecular weight excluding hydrogens is 443 g/mol. The minimum atomic E-state index is -0.0382. The number of amides is 1. The molecule has 1 aliphatic heterocycles. The van der Waals surface area contributed by atoms with Crippen LogP contribution in [0.1, 0.15) is 29.0 Å². The maximum absolute atomic E-state index is 13.2. The summed E-state index contributed by atoms with van der Waals surface area (Å²) in [6.07, 6.45) is 3.57. The summed E-state index contributed by atoms with van der Waals surface area (Å²) in [5.41, 5.74) is 2.51. The van der Waals surface area contributed by atoms with Crippen LogP contribution in [0.25, 0.3) is 10.6 Å². The molecule has 0 saturated carbocycles. The third-order valence-corrected chi connectivity index (χ3v) is 5.60. The Bertz CT molecular complexity index is 938. The lowest BCUT2D eigenvalue weighted by Crippen LogP contribution is -2.48. The van der Waals surface area contributed by atoms with Gasteiger partial charge in [0.15, 0.2) is 0 Å². The number of ether oxygens (including phenoxy) is 1. The van der Waals surface area contributed by atoms with Crippen LogP contribution in [0, 0.1) is 0 Å². The zero-order valence-electron chi connectivity index (χ0n) is 16.5. The van der Waals surface area contributed by atoms with E-state index < -0.39 is 0 Å². The number of thiazole rings is 1. The van der Waals surface area contributed by atoms with Gasteiger partial charge in [-0.25, -0.2) is 4.98 Å². The molecule has 1 atom stereocenters. The van der Waals surface area contributed by atoms with Gasteiger partial charge in [0.25, 0.3) is 5.91 Å². The van der Waals surface area contributed by atoms with E-state index in [2.05, 4.69) is 15.3 Å². The number of halogens is 2. The van der Waals surface area contributed by atoms with E-state index in [-0.39, 0.29) is 36.8 Å². The normalized spacial score (nSPS) is 15.6. The molecule has 1 N–H and O–H groups in total. The second kappa shape index (κ2) is 11.3. The van der Waals surface area contributed by atoms with Gasteiger partial charge < -0.3 is 15.0 Å². The standard InChI is InChI=1S/C21H22N4O2S.2ClH/c1-2-27-17-7-5-15(6-8-17)20-24-18(14-28-20)21(26)25-11-10-23-13-19(25)16-4-3-9-22-12-16;;/h3-9,12,14,19,23H,2,10-11,13H2,1H3;2*1H. The predicted octanol–water partition coefficient (Wildman–Crippen LogP) is 4.23. The average molecular weight is 467 g/mol. The maximum atomic E-state index is 13.2. The van der Waals surface area contributed by atoms with Gasteiger partial charge in [-0.1, -0.05) is 6.07 Å². The summed E-state index contributed by atoms with van der Waals surface area (Å²) in [6.45, 7) is 4.74. The largest absolute Gasteiger partial charge is 0.494 e. The Morgan fingerprint density at radius 2 is 2.07 bits per heavy atom. The van der Waals surface area contributed by atoms with Crippen LogP contribution in [0.3, 0.4) is 0 Å². The molecule has 1 saturated heterocycles. The zero-order valence-corrected chi connectivity index (χ0v) is 18.9. The fourth-order valence-electron chi connectivity index (χ4n) is 3.33. The molecular formula is C21H24Cl2N4O2S. The second-order valence-corrected chi connectivity index (χ2v) is 7.36. The molecule has 1 aromatic carbocycles. The molecule has 30 heavy (non-hydrogen) atoms. The van der Waals surface area contributed by atoms with Gasteiger partial charge in [-0.15, -0.1) is 36.2 Å². The number of carbonyl (C=O) groups excluding carboxylic acids is 1. The van der Waals surface area contributed by atoms with E-state index in [0.717, 1.165) is 28.4 Å². The van der Waals surface area contributed by atoms with Gasteiger partial charge in [-0.05, 0) is 42.8 Å². The average Bonchev–Trinajstić information content (AvgIpc) is 3.25. The maximum Gasteiger partial charge on any atom is 0.273 e. The van der Waals surface area contributed by atoms with Crippen LogP contribution < -0.4 is 10.1 Å². The molecule has 0 bridgehead atoms. The lowest BCUT2D eigenvalue weighted by Gasteiger charge is -2.36. The van der Waals surface area contributed by atoms with Crippen LogP contribution in [-0.4, -0.2) is 47.0 Å². The summed E-state index contributed by atoms with van der Waals surface area (Å²) in [6, 6.07) is 11.7. The summed E-state index contributed by atoms with van der Waals surface area (Å²) in [4.78, 5) is 23.9. The van der Waals surface area contributed by atoms with E-state index in [9.17, 15) is 4.79 Å². The Morgan fingerprint density at radius 3 is 2.77 bits per heavy atom. The van der Waals surface area contributed by atoms with Gasteiger partial charge in [0.05, 0.1) is 12.6 Å². The molecule has 0 spiro atoms. The van der Waals surface area contributed by atoms with E-state index in [1.807, 2.05) is 59.8 Å². The number of nitrogens with one attached hydrogen (secondary N) is 1. The summed E-state index contributed by atoms with van der Waals surface area (Å²) in [5.74, 6) is 0.794. The molecule has 2 aromatic heterocycles. The van der Waals surface area contributed by atoms with Crippen molar-refractivity contribution in [2.24, 2.45) is 0 Å². The van der Waals surface area contributed by atoms with Crippen molar-refractivity contribution in [2.45, 2.75) is 13.0 Å². The third-order valence-electron chi connectivity index (χ3n) is 4.71. The first-order valence-corrected chi connectivity index (χ1v) is 10.2. The minimum Gasteiger partial charge on any atom is -0.494 e. The van der Waals surface area contributed by atoms with Crippen molar-refractivity contribution < 1.29 is 9.53 Å². The fraction of sp³-hybridized carbons (Fsp3) is 0.286. The first-order chi connectivity index (χ1) is 13.8. The first kappa shape index (κ1) is 24.1. The molecule has 1 unspecified atom stereocenters. The minimum absolute atomic E-state index is 0. The van der Waals surface area contributed by atoms with Gasteiger partial charge in [0.1, 0.15) is 16.5 Å². The lowest BCUT2D eigenvalue weighted by atomic mass is 10.0. The van der Waals surface area contributed by atoms with Crippen LogP contribution in [0.2, 0.25) is 0 Å². The third kappa shape index (κ3) is 5.29. The van der Waals surface area contributed by atoms with E-state index in [4.69, 9.17) is 4.74 Å². The summed E-state index contributed by atoms with van der Waals surface area (Å²) >= 11 is 1.48. The number of rotatable bonds is 5. The van der Waals surface area contributed by atoms with E-state index >= 15 is 0 Å². The topological polar surface area (TPSA) is 67.3 Å². The summed E-state index contributed by atoms with van der Waals surface area (Å²) in [7, 11) is 0. The van der Waals surface area contributed by atoms with Crippen molar-refractivity contribution in [3.8, 4) is 16.3 Å². The Balaban J connectivity index is 0.00000160. The number of hydrogen-bond acceptors (Lipinski definition) is 6. The Hall–Kier alpha value is -2.19. The molecule has 0 aliphatic carbocycles. The van der Waals surface area contributed by atoms with Gasteiger partial charge in [-0.2, -0.15) is 0 Å². The van der Waals surface area contributed by atoms with Crippen LogP contribution in [0.4, 0.5) is 0 Å². The number of nitrogens with zero attached hydrogens (tertiary/aromatic N) is 3. The van der Waals surface area contributed by atoms with Crippen LogP contribution in [0.5, 0.6) is 5.75 Å². The Kier molecular flexibility index (Phi) is 9.05. The van der Waals surface area contributed by atoms with Gasteiger partial charge in [-0.3, -0.25) is 9.78 Å². The quantitative estimate of drug-likeness (QED) is 0.608. The van der Waals surface area contributed by atoms with Gasteiger partial charge in [0.2, 0.25) is 0 Å². The van der Waals surface area contributed by atoms with Gasteiger partial charge >= 0.3 is 0 Å². The van der Waals surface area contributed by atoms with Crippen molar-refractivity contribution in [1.82, 2.24) is 20.2 Å². The number of pyridine rings is 1. The second-order valence-electron chi connectivity index (χ2n) is 6.50. The Morgan fingerprint density at radius 1 is 1.27 bits per heavy atom. The first-order valence-electron chi connectivity index (χ1n) is 9.36. The van der Waals surface area contributed by atoms with E-state index in [1.54, 1.807) is 6.20 Å². The SMILES string of the molecule is CCOc1ccc(-c2nc(C(=O)N3CCNCC3c3cccnc3)cs2)cc1.Cl.Cl. The van der Waals surface area contributed by atoms with Gasteiger partial charge in [0, 0.05) is 43.0 Å². The molecule has 1 aliphatic rings. The van der Waals surface area contributed by atoms with Crippen LogP contribution in [-0.2, 0) is 0 Å². The highest BCUT2D eigenvalue weighted by Crippen LogP contribution is 2.28. The van der Waals surface area contributed by atoms with Crippen molar-refractivity contribution >= 4 is 42.1 Å². The van der Waals surface area contributed by atoms with Crippen molar-refractivity contribution in [1.29, 1.82) is 0 Å². The lowest BCUT2D eigenvalue weighted by molar-refractivity contribution is 0.0629. The van der Waals surface area contributed by atoms with Crippen molar-refractivity contribution in [3.05, 3.63) is 65.4 Å². The molecule has 9 heteroatoms. The van der Waals surface area contributed by atoms with Crippen molar-refractivity contribution in [3.63, 3.8) is 0 Å². The molecule has 1 amide bonds. The molecule has 3 aromatic rings. The number of benzene rings is 1. The molecule has 160 valence electrons. The molecule has 3 heterocycles. The van der Waals surface area contributed by atoms with Crippen LogP contribution >= 0.6 is 36.2 Å². The number of carbonyl (C=O) groups is 1. The van der Waals surface area contributed by atoms with E-state index in [1.165, 1.54) is 11.3 Å². The monoisotopic (exact) mass is 466 g/mol. The molecule has 4 rings (SSSR count). The smallest absolute Gasteiger partial charge is 0.273 e. The highest BCUT2D eigenvalue weighted by Gasteiger charge is 2.30. The molecule has 6 nitrogen and oxygen atoms in total. The number of hydrogen-bond donors (Lipinski definition) is 1. The van der Waals surface area contributed by atoms with E-state index in [0.29, 0.717) is 25.4 Å². The summed E-state index contributed by atoms with van der Waals surface area (Å²) < 4.78 is 5.48. The number of piperazine rings is 1.